The molecule has 2 rings (SSSR count). The van der Waals surface area contributed by atoms with Crippen LogP contribution in [-0.4, -0.2) is 11.5 Å². The molecule has 86 valence electrons. The Kier molecular flexibility index (Phi) is 3.59. The molecule has 0 aliphatic rings. The van der Waals surface area contributed by atoms with E-state index in [1.165, 1.54) is 11.3 Å². The van der Waals surface area contributed by atoms with Crippen molar-refractivity contribution in [2.24, 2.45) is 5.11 Å². The van der Waals surface area contributed by atoms with Crippen molar-refractivity contribution >= 4 is 32.8 Å². The third-order valence-electron chi connectivity index (χ3n) is 2.20. The van der Waals surface area contributed by atoms with Gasteiger partial charge in [-0.3, -0.25) is 0 Å². The van der Waals surface area contributed by atoms with Gasteiger partial charge in [-0.15, -0.1) is 0 Å². The highest BCUT2D eigenvalue weighted by atomic mass is 32.1. The first-order valence-corrected chi connectivity index (χ1v) is 5.95. The zero-order valence-electron chi connectivity index (χ0n) is 9.08. The normalized spacial score (nSPS) is 10.8. The molecule has 6 heteroatoms. The zero-order valence-corrected chi connectivity index (χ0v) is 9.89. The van der Waals surface area contributed by atoms with Gasteiger partial charge < -0.3 is 5.73 Å². The predicted octanol–water partition coefficient (Wildman–Crippen LogP) is 3.59. The number of fused-ring (bicyclic) bond motifs is 1. The first-order chi connectivity index (χ1) is 8.29. The highest BCUT2D eigenvalue weighted by Gasteiger charge is 2.00. The lowest BCUT2D eigenvalue weighted by atomic mass is 10.2. The van der Waals surface area contributed by atoms with E-state index in [9.17, 15) is 0 Å². The molecule has 1 aromatic carbocycles. The van der Waals surface area contributed by atoms with Crippen LogP contribution in [0.2, 0.25) is 0 Å². The summed E-state index contributed by atoms with van der Waals surface area (Å²) in [5, 5.41) is 4.05. The fraction of sp³-hybridized carbons (Fsp3) is 0.182. The van der Waals surface area contributed by atoms with Gasteiger partial charge in [-0.25, -0.2) is 4.98 Å². The molecule has 0 radical (unpaired) electrons. The highest BCUT2D eigenvalue weighted by Crippen LogP contribution is 2.24. The number of rotatable bonds is 4. The summed E-state index contributed by atoms with van der Waals surface area (Å²) in [7, 11) is 0. The molecule has 0 saturated heterocycles. The fourth-order valence-electron chi connectivity index (χ4n) is 1.46. The molecule has 2 aromatic rings. The Morgan fingerprint density at radius 3 is 3.24 bits per heavy atom. The SMILES string of the molecule is [N-]=[N+]=NCCC=Cc1ccc2nc(N)sc2c1. The molecule has 17 heavy (non-hydrogen) atoms. The lowest BCUT2D eigenvalue weighted by molar-refractivity contribution is 0.996. The van der Waals surface area contributed by atoms with Crippen LogP contribution in [-0.2, 0) is 0 Å². The molecule has 0 atom stereocenters. The topological polar surface area (TPSA) is 87.7 Å². The van der Waals surface area contributed by atoms with Crippen molar-refractivity contribution in [3.63, 3.8) is 0 Å². The van der Waals surface area contributed by atoms with Gasteiger partial charge >= 0.3 is 0 Å². The molecule has 0 aliphatic carbocycles. The molecule has 2 N–H and O–H groups in total. The van der Waals surface area contributed by atoms with E-state index in [2.05, 4.69) is 15.0 Å². The van der Waals surface area contributed by atoms with Gasteiger partial charge in [0.15, 0.2) is 5.13 Å². The Hall–Kier alpha value is -2.04. The van der Waals surface area contributed by atoms with Crippen molar-refractivity contribution in [2.45, 2.75) is 6.42 Å². The second-order valence-corrected chi connectivity index (χ2v) is 4.49. The van der Waals surface area contributed by atoms with Crippen molar-refractivity contribution in [2.75, 3.05) is 12.3 Å². The largest absolute Gasteiger partial charge is 0.375 e. The third kappa shape index (κ3) is 2.96. The number of anilines is 1. The second kappa shape index (κ2) is 5.34. The number of hydrogen-bond acceptors (Lipinski definition) is 4. The maximum atomic E-state index is 8.12. The minimum atomic E-state index is 0.489. The summed E-state index contributed by atoms with van der Waals surface area (Å²) in [5.74, 6) is 0. The average molecular weight is 245 g/mol. The molecule has 0 saturated carbocycles. The maximum Gasteiger partial charge on any atom is 0.181 e. The van der Waals surface area contributed by atoms with Gasteiger partial charge in [-0.2, -0.15) is 0 Å². The first-order valence-electron chi connectivity index (χ1n) is 5.13. The average Bonchev–Trinajstić information content (AvgIpc) is 2.68. The summed E-state index contributed by atoms with van der Waals surface area (Å²) < 4.78 is 1.08. The van der Waals surface area contributed by atoms with Gasteiger partial charge in [0.25, 0.3) is 0 Å². The van der Waals surface area contributed by atoms with Crippen molar-refractivity contribution < 1.29 is 0 Å². The minimum Gasteiger partial charge on any atom is -0.375 e. The van der Waals surface area contributed by atoms with E-state index in [0.29, 0.717) is 11.7 Å². The molecule has 0 amide bonds. The lowest BCUT2D eigenvalue weighted by Crippen LogP contribution is -1.79. The van der Waals surface area contributed by atoms with Crippen LogP contribution in [0.4, 0.5) is 5.13 Å². The number of thiazole rings is 1. The van der Waals surface area contributed by atoms with E-state index < -0.39 is 0 Å². The minimum absolute atomic E-state index is 0.489. The second-order valence-electron chi connectivity index (χ2n) is 3.42. The number of nitrogen functional groups attached to an aromatic ring is 1. The smallest absolute Gasteiger partial charge is 0.181 e. The molecule has 5 nitrogen and oxygen atoms in total. The Labute approximate surface area is 102 Å². The quantitative estimate of drug-likeness (QED) is 0.386. The van der Waals surface area contributed by atoms with Crippen LogP contribution in [0.25, 0.3) is 26.7 Å². The predicted molar refractivity (Wildman–Crippen MR) is 71.7 cm³/mol. The monoisotopic (exact) mass is 245 g/mol. The number of nitrogens with zero attached hydrogens (tertiary/aromatic N) is 4. The summed E-state index contributed by atoms with van der Waals surface area (Å²) >= 11 is 1.48. The number of azide groups is 1. The summed E-state index contributed by atoms with van der Waals surface area (Å²) in [6.45, 7) is 0.489. The van der Waals surface area contributed by atoms with Crippen LogP contribution in [0.15, 0.2) is 29.4 Å². The molecule has 0 unspecified atom stereocenters. The van der Waals surface area contributed by atoms with E-state index in [-0.39, 0.29) is 0 Å². The summed E-state index contributed by atoms with van der Waals surface area (Å²) in [6, 6.07) is 5.99. The summed E-state index contributed by atoms with van der Waals surface area (Å²) in [5.41, 5.74) is 15.8. The molecular weight excluding hydrogens is 234 g/mol. The van der Waals surface area contributed by atoms with Gasteiger partial charge in [0.1, 0.15) is 0 Å². The lowest BCUT2D eigenvalue weighted by Gasteiger charge is -1.92. The third-order valence-corrected chi connectivity index (χ3v) is 3.05. The van der Waals surface area contributed by atoms with Gasteiger partial charge in [0, 0.05) is 11.5 Å². The Bertz CT molecular complexity index is 595. The Morgan fingerprint density at radius 1 is 1.53 bits per heavy atom. The van der Waals surface area contributed by atoms with Crippen LogP contribution < -0.4 is 5.73 Å². The first kappa shape index (κ1) is 11.4. The molecule has 0 aliphatic heterocycles. The van der Waals surface area contributed by atoms with Crippen LogP contribution >= 0.6 is 11.3 Å². The summed E-state index contributed by atoms with van der Waals surface area (Å²) in [6.07, 6.45) is 4.73. The number of nitrogens with two attached hydrogens (primary N) is 1. The van der Waals surface area contributed by atoms with Crippen LogP contribution in [0.1, 0.15) is 12.0 Å². The molecule has 1 heterocycles. The molecular formula is C11H11N5S. The van der Waals surface area contributed by atoms with E-state index >= 15 is 0 Å². The summed E-state index contributed by atoms with van der Waals surface area (Å²) in [4.78, 5) is 6.89. The van der Waals surface area contributed by atoms with Crippen LogP contribution in [0.3, 0.4) is 0 Å². The number of aromatic nitrogens is 1. The van der Waals surface area contributed by atoms with Gasteiger partial charge in [-0.1, -0.05) is 34.7 Å². The van der Waals surface area contributed by atoms with E-state index in [4.69, 9.17) is 11.3 Å². The Morgan fingerprint density at radius 2 is 2.41 bits per heavy atom. The zero-order chi connectivity index (χ0) is 12.1. The van der Waals surface area contributed by atoms with Gasteiger partial charge in [0.2, 0.25) is 0 Å². The molecule has 0 bridgehead atoms. The Balaban J connectivity index is 2.10. The van der Waals surface area contributed by atoms with E-state index in [0.717, 1.165) is 22.2 Å². The van der Waals surface area contributed by atoms with Gasteiger partial charge in [-0.05, 0) is 29.6 Å². The van der Waals surface area contributed by atoms with E-state index in [1.54, 1.807) is 0 Å². The van der Waals surface area contributed by atoms with Crippen molar-refractivity contribution in [3.05, 3.63) is 40.3 Å². The van der Waals surface area contributed by atoms with Crippen LogP contribution in [0.5, 0.6) is 0 Å². The van der Waals surface area contributed by atoms with Crippen LogP contribution in [0, 0.1) is 0 Å². The van der Waals surface area contributed by atoms with Crippen molar-refractivity contribution in [3.8, 4) is 0 Å². The van der Waals surface area contributed by atoms with Gasteiger partial charge in [0.05, 0.1) is 10.2 Å². The fourth-order valence-corrected chi connectivity index (χ4v) is 2.24. The highest BCUT2D eigenvalue weighted by molar-refractivity contribution is 7.22. The number of hydrogen-bond donors (Lipinski definition) is 1. The van der Waals surface area contributed by atoms with Crippen molar-refractivity contribution in [1.82, 2.24) is 4.98 Å². The number of benzene rings is 1. The van der Waals surface area contributed by atoms with E-state index in [1.807, 2.05) is 30.4 Å². The molecule has 0 fully saturated rings. The standard InChI is InChI=1S/C11H11N5S/c12-11-15-9-5-4-8(7-10(9)17-11)3-1-2-6-14-16-13/h1,3-5,7H,2,6H2,(H2,12,15). The maximum absolute atomic E-state index is 8.12. The molecule has 1 aromatic heterocycles. The molecule has 0 spiro atoms. The van der Waals surface area contributed by atoms with Crippen molar-refractivity contribution in [1.29, 1.82) is 0 Å².